The van der Waals surface area contributed by atoms with Crippen molar-refractivity contribution in [2.24, 2.45) is 51.2 Å². The van der Waals surface area contributed by atoms with Gasteiger partial charge in [0.15, 0.2) is 0 Å². The van der Waals surface area contributed by atoms with Gasteiger partial charge >= 0.3 is 5.97 Å². The highest BCUT2D eigenvalue weighted by Gasteiger charge is 2.66. The van der Waals surface area contributed by atoms with Crippen LogP contribution in [0, 0.1) is 51.2 Å². The zero-order valence-corrected chi connectivity index (χ0v) is 27.9. The van der Waals surface area contributed by atoms with Gasteiger partial charge in [0.25, 0.3) is 0 Å². The SMILES string of the molecule is CC(=O)N(C)CCNC(=O)[C@]12CCCC1[C@H]1CCC3[C@@](C)(CCC4C(C)(C)C(c5ccc(C(=O)O)cc5)=CC[C@@]43C)C1CC2. The number of carbonyl (C=O) groups is 3. The Labute approximate surface area is 264 Å². The van der Waals surface area contributed by atoms with E-state index in [-0.39, 0.29) is 28.1 Å². The van der Waals surface area contributed by atoms with Crippen molar-refractivity contribution in [3.05, 3.63) is 41.5 Å². The maximum absolute atomic E-state index is 13.8. The lowest BCUT2D eigenvalue weighted by atomic mass is 9.36. The van der Waals surface area contributed by atoms with Gasteiger partial charge in [-0.05, 0) is 127 Å². The van der Waals surface area contributed by atoms with Crippen molar-refractivity contribution in [1.29, 1.82) is 0 Å². The van der Waals surface area contributed by atoms with Crippen LogP contribution in [0.2, 0.25) is 0 Å². The maximum atomic E-state index is 13.8. The Kier molecular flexibility index (Phi) is 7.85. The minimum Gasteiger partial charge on any atom is -0.478 e. The number of hydrogen-bond acceptors (Lipinski definition) is 3. The molecule has 0 spiro atoms. The van der Waals surface area contributed by atoms with E-state index in [0.717, 1.165) is 37.7 Å². The highest BCUT2D eigenvalue weighted by Crippen LogP contribution is 2.73. The lowest BCUT2D eigenvalue weighted by Crippen LogP contribution is -2.62. The molecule has 1 aromatic rings. The minimum absolute atomic E-state index is 0.0115. The lowest BCUT2D eigenvalue weighted by molar-refractivity contribution is -0.181. The van der Waals surface area contributed by atoms with Crippen LogP contribution in [0.4, 0.5) is 0 Å². The third-order valence-corrected chi connectivity index (χ3v) is 14.3. The number of carboxylic acids is 1. The van der Waals surface area contributed by atoms with Crippen LogP contribution in [-0.2, 0) is 9.59 Å². The van der Waals surface area contributed by atoms with Gasteiger partial charge in [-0.25, -0.2) is 4.79 Å². The summed E-state index contributed by atoms with van der Waals surface area (Å²) in [6.07, 6.45) is 14.1. The van der Waals surface area contributed by atoms with E-state index in [2.05, 4.69) is 39.1 Å². The molecular weight excluding hydrogens is 548 g/mol. The molecule has 0 aliphatic heterocycles. The number of amides is 2. The molecule has 44 heavy (non-hydrogen) atoms. The Bertz CT molecular complexity index is 1350. The lowest BCUT2D eigenvalue weighted by Gasteiger charge is -2.68. The summed E-state index contributed by atoms with van der Waals surface area (Å²) in [6.45, 7) is 12.8. The molecule has 4 saturated carbocycles. The van der Waals surface area contributed by atoms with E-state index in [1.165, 1.54) is 37.7 Å². The summed E-state index contributed by atoms with van der Waals surface area (Å²) in [7, 11) is 1.80. The molecule has 0 radical (unpaired) electrons. The summed E-state index contributed by atoms with van der Waals surface area (Å²) in [5.74, 6) is 2.46. The molecule has 5 aliphatic rings. The van der Waals surface area contributed by atoms with Gasteiger partial charge in [0.1, 0.15) is 0 Å². The fourth-order valence-electron chi connectivity index (χ4n) is 12.2. The van der Waals surface area contributed by atoms with Gasteiger partial charge in [-0.1, -0.05) is 52.3 Å². The molecule has 0 bridgehead atoms. The Morgan fingerprint density at radius 3 is 2.30 bits per heavy atom. The second-order valence-electron chi connectivity index (χ2n) is 16.3. The van der Waals surface area contributed by atoms with Crippen molar-refractivity contribution < 1.29 is 19.5 Å². The molecule has 4 fully saturated rings. The molecule has 2 N–H and O–H groups in total. The number of fused-ring (bicyclic) bond motifs is 7. The average Bonchev–Trinajstić information content (AvgIpc) is 3.42. The molecular formula is C38H54N2O4. The van der Waals surface area contributed by atoms with Crippen molar-refractivity contribution in [2.45, 2.75) is 98.8 Å². The summed E-state index contributed by atoms with van der Waals surface area (Å²) in [5.41, 5.74) is 3.20. The highest BCUT2D eigenvalue weighted by atomic mass is 16.4. The van der Waals surface area contributed by atoms with E-state index in [4.69, 9.17) is 0 Å². The van der Waals surface area contributed by atoms with E-state index < -0.39 is 5.97 Å². The molecule has 0 heterocycles. The largest absolute Gasteiger partial charge is 0.478 e. The molecule has 2 amide bonds. The van der Waals surface area contributed by atoms with Crippen LogP contribution in [0.15, 0.2) is 30.3 Å². The minimum atomic E-state index is -0.876. The quantitative estimate of drug-likeness (QED) is 0.354. The van der Waals surface area contributed by atoms with Crippen molar-refractivity contribution in [1.82, 2.24) is 10.2 Å². The number of carboxylic acid groups (broad SMARTS) is 1. The Morgan fingerprint density at radius 1 is 0.886 bits per heavy atom. The van der Waals surface area contributed by atoms with Gasteiger partial charge < -0.3 is 15.3 Å². The number of nitrogens with one attached hydrogen (secondary N) is 1. The zero-order valence-electron chi connectivity index (χ0n) is 27.9. The third kappa shape index (κ3) is 4.67. The summed E-state index contributed by atoms with van der Waals surface area (Å²) in [4.78, 5) is 38.6. The first-order valence-electron chi connectivity index (χ1n) is 17.3. The fraction of sp³-hybridized carbons (Fsp3) is 0.711. The smallest absolute Gasteiger partial charge is 0.335 e. The van der Waals surface area contributed by atoms with Crippen LogP contribution in [0.3, 0.4) is 0 Å². The number of hydrogen-bond donors (Lipinski definition) is 2. The zero-order chi connectivity index (χ0) is 31.7. The van der Waals surface area contributed by atoms with Gasteiger partial charge in [-0.15, -0.1) is 0 Å². The number of rotatable bonds is 6. The summed E-state index contributed by atoms with van der Waals surface area (Å²) < 4.78 is 0. The predicted octanol–water partition coefficient (Wildman–Crippen LogP) is 7.44. The molecule has 240 valence electrons. The van der Waals surface area contributed by atoms with Crippen molar-refractivity contribution in [3.8, 4) is 0 Å². The second-order valence-corrected chi connectivity index (χ2v) is 16.3. The first-order chi connectivity index (χ1) is 20.8. The molecule has 8 atom stereocenters. The number of nitrogens with zero attached hydrogens (tertiary/aromatic N) is 1. The normalized spacial score (nSPS) is 38.7. The monoisotopic (exact) mass is 602 g/mol. The predicted molar refractivity (Wildman–Crippen MR) is 174 cm³/mol. The van der Waals surface area contributed by atoms with Crippen LogP contribution < -0.4 is 5.32 Å². The molecule has 6 heteroatoms. The van der Waals surface area contributed by atoms with Crippen molar-refractivity contribution >= 4 is 23.4 Å². The van der Waals surface area contributed by atoms with E-state index in [1.807, 2.05) is 12.1 Å². The van der Waals surface area contributed by atoms with Crippen LogP contribution in [0.25, 0.3) is 5.57 Å². The van der Waals surface area contributed by atoms with E-state index in [9.17, 15) is 19.5 Å². The van der Waals surface area contributed by atoms with Gasteiger partial charge in [0, 0.05) is 27.1 Å². The number of aromatic carboxylic acids is 1. The first kappa shape index (κ1) is 31.4. The van der Waals surface area contributed by atoms with E-state index >= 15 is 0 Å². The first-order valence-corrected chi connectivity index (χ1v) is 17.3. The summed E-state index contributed by atoms with van der Waals surface area (Å²) >= 11 is 0. The third-order valence-electron chi connectivity index (χ3n) is 14.3. The number of benzene rings is 1. The van der Waals surface area contributed by atoms with E-state index in [0.29, 0.717) is 53.7 Å². The van der Waals surface area contributed by atoms with Gasteiger partial charge in [0.2, 0.25) is 11.8 Å². The molecule has 5 aliphatic carbocycles. The number of allylic oxidation sites excluding steroid dienone is 2. The van der Waals surface area contributed by atoms with Gasteiger partial charge in [-0.3, -0.25) is 9.59 Å². The van der Waals surface area contributed by atoms with Crippen LogP contribution in [0.5, 0.6) is 0 Å². The standard InChI is InChI=1S/C38H54N2O4/c1-24(41)40(6)23-22-39-34(44)38-18-7-8-30(38)27-13-14-32-36(4,29(27)16-21-38)20-17-31-35(2,3)28(15-19-37(31,32)5)25-9-11-26(12-10-25)33(42)43/h9-12,15,27,29-32H,7-8,13-14,16-23H2,1-6H3,(H,39,44)(H,42,43)/t27-,29?,30?,31?,32?,36-,37-,38-/m0/s1. The number of likely N-dealkylation sites (N-methyl/N-ethyl adjacent to an activating group) is 1. The molecule has 0 aromatic heterocycles. The Hall–Kier alpha value is -2.63. The number of carbonyl (C=O) groups excluding carboxylic acids is 2. The Balaban J connectivity index is 1.22. The summed E-state index contributed by atoms with van der Waals surface area (Å²) in [5, 5.41) is 12.7. The van der Waals surface area contributed by atoms with Crippen LogP contribution >= 0.6 is 0 Å². The Morgan fingerprint density at radius 2 is 1.61 bits per heavy atom. The molecule has 6 rings (SSSR count). The highest BCUT2D eigenvalue weighted by molar-refractivity contribution is 5.88. The van der Waals surface area contributed by atoms with E-state index in [1.54, 1.807) is 31.0 Å². The molecule has 6 nitrogen and oxygen atoms in total. The topological polar surface area (TPSA) is 86.7 Å². The fourth-order valence-corrected chi connectivity index (χ4v) is 12.2. The van der Waals surface area contributed by atoms with Gasteiger partial charge in [-0.2, -0.15) is 0 Å². The summed E-state index contributed by atoms with van der Waals surface area (Å²) in [6, 6.07) is 7.51. The van der Waals surface area contributed by atoms with Crippen molar-refractivity contribution in [2.75, 3.05) is 20.1 Å². The van der Waals surface area contributed by atoms with Crippen molar-refractivity contribution in [3.63, 3.8) is 0 Å². The average molecular weight is 603 g/mol. The molecule has 4 unspecified atom stereocenters. The van der Waals surface area contributed by atoms with Gasteiger partial charge in [0.05, 0.1) is 11.0 Å². The molecule has 1 aromatic carbocycles. The van der Waals surface area contributed by atoms with Crippen LogP contribution in [-0.4, -0.2) is 47.9 Å². The second kappa shape index (κ2) is 11.0. The molecule has 0 saturated heterocycles. The van der Waals surface area contributed by atoms with Crippen LogP contribution in [0.1, 0.15) is 115 Å². The maximum Gasteiger partial charge on any atom is 0.335 e.